The number of benzene rings is 1. The molecule has 0 radical (unpaired) electrons. The van der Waals surface area contributed by atoms with Gasteiger partial charge in [0.25, 0.3) is 0 Å². The highest BCUT2D eigenvalue weighted by molar-refractivity contribution is 5.69. The molecule has 1 heterocycles. The Hall–Kier alpha value is -1.65. The van der Waals surface area contributed by atoms with E-state index in [9.17, 15) is 4.79 Å². The Morgan fingerprint density at radius 3 is 3.00 bits per heavy atom. The number of carbonyl (C=O) groups is 1. The molecule has 114 valence electrons. The van der Waals surface area contributed by atoms with E-state index in [4.69, 9.17) is 9.47 Å². The average molecular weight is 289 g/mol. The van der Waals surface area contributed by atoms with E-state index in [1.165, 1.54) is 5.56 Å². The molecule has 21 heavy (non-hydrogen) atoms. The van der Waals surface area contributed by atoms with E-state index in [1.54, 1.807) is 6.08 Å². The molecule has 0 saturated carbocycles. The van der Waals surface area contributed by atoms with Crippen molar-refractivity contribution in [1.29, 1.82) is 0 Å². The van der Waals surface area contributed by atoms with Crippen molar-refractivity contribution >= 4 is 5.97 Å². The Balaban J connectivity index is 1.73. The summed E-state index contributed by atoms with van der Waals surface area (Å²) in [4.78, 5) is 13.8. The van der Waals surface area contributed by atoms with Crippen LogP contribution in [0.4, 0.5) is 0 Å². The maximum atomic E-state index is 11.5. The van der Waals surface area contributed by atoms with Crippen LogP contribution >= 0.6 is 0 Å². The van der Waals surface area contributed by atoms with Crippen molar-refractivity contribution in [3.63, 3.8) is 0 Å². The van der Waals surface area contributed by atoms with Gasteiger partial charge in [-0.15, -0.1) is 6.58 Å². The molecule has 1 atom stereocenters. The van der Waals surface area contributed by atoms with Gasteiger partial charge in [0.15, 0.2) is 0 Å². The molecule has 4 heteroatoms. The first-order valence-electron chi connectivity index (χ1n) is 7.42. The zero-order chi connectivity index (χ0) is 14.9. The predicted octanol–water partition coefficient (Wildman–Crippen LogP) is 2.40. The minimum absolute atomic E-state index is 0.0323. The molecule has 0 aromatic heterocycles. The number of esters is 1. The normalized spacial score (nSPS) is 19.1. The Morgan fingerprint density at radius 1 is 1.43 bits per heavy atom. The number of nitrogens with zero attached hydrogens (tertiary/aromatic N) is 1. The van der Waals surface area contributed by atoms with Gasteiger partial charge in [-0.2, -0.15) is 0 Å². The number of allylic oxidation sites excluding steroid dienone is 1. The van der Waals surface area contributed by atoms with E-state index >= 15 is 0 Å². The van der Waals surface area contributed by atoms with Crippen LogP contribution in [-0.2, 0) is 20.8 Å². The van der Waals surface area contributed by atoms with Crippen molar-refractivity contribution in [2.24, 2.45) is 0 Å². The van der Waals surface area contributed by atoms with Crippen LogP contribution in [0, 0.1) is 0 Å². The zero-order valence-corrected chi connectivity index (χ0v) is 12.4. The fraction of sp³-hybridized carbons (Fsp3) is 0.471. The van der Waals surface area contributed by atoms with Gasteiger partial charge in [0.2, 0.25) is 0 Å². The number of ether oxygens (including phenoxy) is 2. The van der Waals surface area contributed by atoms with Crippen LogP contribution < -0.4 is 0 Å². The van der Waals surface area contributed by atoms with Crippen molar-refractivity contribution in [2.45, 2.75) is 25.5 Å². The quantitative estimate of drug-likeness (QED) is 0.571. The summed E-state index contributed by atoms with van der Waals surface area (Å²) in [5, 5.41) is 0. The van der Waals surface area contributed by atoms with Crippen LogP contribution in [0.15, 0.2) is 43.0 Å². The molecule has 1 aliphatic rings. The molecule has 0 bridgehead atoms. The highest BCUT2D eigenvalue weighted by Crippen LogP contribution is 2.11. The molecule has 1 aromatic carbocycles. The largest absolute Gasteiger partial charge is 0.463 e. The third-order valence-corrected chi connectivity index (χ3v) is 3.45. The smallest absolute Gasteiger partial charge is 0.306 e. The lowest BCUT2D eigenvalue weighted by molar-refractivity contribution is -0.150. The lowest BCUT2D eigenvalue weighted by Gasteiger charge is -2.32. The lowest BCUT2D eigenvalue weighted by Crippen LogP contribution is -2.44. The summed E-state index contributed by atoms with van der Waals surface area (Å²) in [6.07, 6.45) is 2.74. The van der Waals surface area contributed by atoms with E-state index in [0.29, 0.717) is 26.1 Å². The van der Waals surface area contributed by atoms with Crippen LogP contribution in [0.1, 0.15) is 18.4 Å². The number of morpholine rings is 1. The van der Waals surface area contributed by atoms with Crippen molar-refractivity contribution in [3.8, 4) is 0 Å². The van der Waals surface area contributed by atoms with Gasteiger partial charge in [0.1, 0.15) is 12.7 Å². The maximum absolute atomic E-state index is 11.5. The minimum Gasteiger partial charge on any atom is -0.463 e. The Labute approximate surface area is 126 Å². The molecule has 0 amide bonds. The fourth-order valence-corrected chi connectivity index (χ4v) is 2.34. The SMILES string of the molecule is C=CCCC(=O)OCC1CN(Cc2ccccc2)CCO1. The second-order valence-corrected chi connectivity index (χ2v) is 5.22. The molecular formula is C17H23NO3. The van der Waals surface area contributed by atoms with E-state index in [2.05, 4.69) is 35.7 Å². The number of hydrogen-bond acceptors (Lipinski definition) is 4. The van der Waals surface area contributed by atoms with Gasteiger partial charge in [-0.1, -0.05) is 36.4 Å². The van der Waals surface area contributed by atoms with Crippen molar-refractivity contribution in [1.82, 2.24) is 4.90 Å². The monoisotopic (exact) mass is 289 g/mol. The third-order valence-electron chi connectivity index (χ3n) is 3.45. The third kappa shape index (κ3) is 5.69. The summed E-state index contributed by atoms with van der Waals surface area (Å²) in [5.41, 5.74) is 1.29. The lowest BCUT2D eigenvalue weighted by atomic mass is 10.2. The molecule has 1 saturated heterocycles. The van der Waals surface area contributed by atoms with Crippen LogP contribution in [0.5, 0.6) is 0 Å². The minimum atomic E-state index is -0.182. The Bertz CT molecular complexity index is 447. The van der Waals surface area contributed by atoms with Gasteiger partial charge in [-0.25, -0.2) is 0 Å². The summed E-state index contributed by atoms with van der Waals surface area (Å²) in [5.74, 6) is -0.182. The van der Waals surface area contributed by atoms with Crippen LogP contribution in [-0.4, -0.2) is 43.3 Å². The molecule has 1 aromatic rings. The summed E-state index contributed by atoms with van der Waals surface area (Å²) in [6.45, 7) is 7.23. The molecule has 4 nitrogen and oxygen atoms in total. The Kier molecular flexibility index (Phi) is 6.44. The predicted molar refractivity (Wildman–Crippen MR) is 81.8 cm³/mol. The first-order chi connectivity index (χ1) is 10.3. The van der Waals surface area contributed by atoms with Gasteiger partial charge in [-0.05, 0) is 12.0 Å². The summed E-state index contributed by atoms with van der Waals surface area (Å²) in [6, 6.07) is 10.4. The standard InChI is InChI=1S/C17H23NO3/c1-2-3-9-17(19)21-14-16-13-18(10-11-20-16)12-15-7-5-4-6-8-15/h2,4-8,16H,1,3,9-14H2. The number of carbonyl (C=O) groups excluding carboxylic acids is 1. The molecule has 2 rings (SSSR count). The van der Waals surface area contributed by atoms with Gasteiger partial charge < -0.3 is 9.47 Å². The average Bonchev–Trinajstić information content (AvgIpc) is 2.52. The van der Waals surface area contributed by atoms with Crippen molar-refractivity contribution in [3.05, 3.63) is 48.6 Å². The van der Waals surface area contributed by atoms with Crippen LogP contribution in [0.2, 0.25) is 0 Å². The number of hydrogen-bond donors (Lipinski definition) is 0. The van der Waals surface area contributed by atoms with E-state index < -0.39 is 0 Å². The first kappa shape index (κ1) is 15.7. The molecule has 1 unspecified atom stereocenters. The van der Waals surface area contributed by atoms with Gasteiger partial charge >= 0.3 is 5.97 Å². The molecule has 0 aliphatic carbocycles. The van der Waals surface area contributed by atoms with Gasteiger partial charge in [-0.3, -0.25) is 9.69 Å². The first-order valence-corrected chi connectivity index (χ1v) is 7.42. The summed E-state index contributed by atoms with van der Waals surface area (Å²) < 4.78 is 10.9. The van der Waals surface area contributed by atoms with Crippen LogP contribution in [0.3, 0.4) is 0 Å². The van der Waals surface area contributed by atoms with Gasteiger partial charge in [0.05, 0.1) is 6.61 Å². The van der Waals surface area contributed by atoms with Crippen molar-refractivity contribution < 1.29 is 14.3 Å². The molecule has 1 fully saturated rings. The van der Waals surface area contributed by atoms with Crippen molar-refractivity contribution in [2.75, 3.05) is 26.3 Å². The molecule has 0 spiro atoms. The zero-order valence-electron chi connectivity index (χ0n) is 12.4. The topological polar surface area (TPSA) is 38.8 Å². The van der Waals surface area contributed by atoms with E-state index in [1.807, 2.05) is 6.07 Å². The van der Waals surface area contributed by atoms with Crippen LogP contribution in [0.25, 0.3) is 0 Å². The molecule has 1 aliphatic heterocycles. The Morgan fingerprint density at radius 2 is 2.24 bits per heavy atom. The van der Waals surface area contributed by atoms with E-state index in [0.717, 1.165) is 19.6 Å². The maximum Gasteiger partial charge on any atom is 0.306 e. The number of rotatable bonds is 7. The highest BCUT2D eigenvalue weighted by atomic mass is 16.6. The highest BCUT2D eigenvalue weighted by Gasteiger charge is 2.21. The van der Waals surface area contributed by atoms with Gasteiger partial charge in [0, 0.05) is 26.1 Å². The fourth-order valence-electron chi connectivity index (χ4n) is 2.34. The second-order valence-electron chi connectivity index (χ2n) is 5.22. The summed E-state index contributed by atoms with van der Waals surface area (Å²) >= 11 is 0. The second kappa shape index (κ2) is 8.60. The van der Waals surface area contributed by atoms with E-state index in [-0.39, 0.29) is 12.1 Å². The molecular weight excluding hydrogens is 266 g/mol. The summed E-state index contributed by atoms with van der Waals surface area (Å²) in [7, 11) is 0. The molecule has 0 N–H and O–H groups in total.